The molecule has 1 aliphatic rings. The van der Waals surface area contributed by atoms with Crippen molar-refractivity contribution in [3.63, 3.8) is 0 Å². The molecule has 0 spiro atoms. The predicted octanol–water partition coefficient (Wildman–Crippen LogP) is 3.82. The first-order chi connectivity index (χ1) is 11.1. The second-order valence-corrected chi connectivity index (χ2v) is 5.76. The maximum atomic E-state index is 13.1. The minimum absolute atomic E-state index is 0.255. The highest BCUT2D eigenvalue weighted by Crippen LogP contribution is 2.23. The van der Waals surface area contributed by atoms with Crippen LogP contribution in [0.15, 0.2) is 48.5 Å². The van der Waals surface area contributed by atoms with E-state index in [1.807, 2.05) is 6.08 Å². The first-order valence-corrected chi connectivity index (χ1v) is 7.65. The maximum absolute atomic E-state index is 13.1. The van der Waals surface area contributed by atoms with Crippen molar-refractivity contribution in [2.24, 2.45) is 0 Å². The van der Waals surface area contributed by atoms with Crippen LogP contribution in [0.4, 0.5) is 4.39 Å². The highest BCUT2D eigenvalue weighted by atomic mass is 19.1. The second kappa shape index (κ2) is 6.75. The summed E-state index contributed by atoms with van der Waals surface area (Å²) in [5, 5.41) is 12.4. The molecule has 2 aromatic rings. The summed E-state index contributed by atoms with van der Waals surface area (Å²) in [7, 11) is 0. The summed E-state index contributed by atoms with van der Waals surface area (Å²) in [5.74, 6) is -1.19. The first kappa shape index (κ1) is 15.4. The zero-order valence-corrected chi connectivity index (χ0v) is 12.6. The van der Waals surface area contributed by atoms with E-state index in [2.05, 4.69) is 5.32 Å². The predicted molar refractivity (Wildman–Crippen MR) is 88.7 cm³/mol. The number of halogens is 1. The molecular weight excluding hydrogens is 293 g/mol. The van der Waals surface area contributed by atoms with Crippen LogP contribution in [0.2, 0.25) is 0 Å². The number of rotatable bonds is 6. The summed E-state index contributed by atoms with van der Waals surface area (Å²) < 4.78 is 13.1. The van der Waals surface area contributed by atoms with Crippen LogP contribution in [0.1, 0.15) is 34.3 Å². The number of carboxylic acid groups (broad SMARTS) is 1. The number of carbonyl (C=O) groups is 1. The number of hydrogen-bond donors (Lipinski definition) is 2. The van der Waals surface area contributed by atoms with Gasteiger partial charge in [0.1, 0.15) is 5.82 Å². The van der Waals surface area contributed by atoms with Gasteiger partial charge in [-0.2, -0.15) is 0 Å². The zero-order valence-electron chi connectivity index (χ0n) is 12.6. The van der Waals surface area contributed by atoms with Crippen molar-refractivity contribution in [2.75, 3.05) is 6.54 Å². The number of nitrogens with one attached hydrogen (secondary N) is 1. The first-order valence-electron chi connectivity index (χ1n) is 7.65. The standard InChI is InChI=1S/C19H18FNO2/c20-17-7-5-14(6-8-17)16(12-21-18-9-10-18)11-13-1-3-15(4-2-13)19(22)23/h1-8,11,18,21H,9-10,12H2,(H,22,23). The Hall–Kier alpha value is -2.46. The van der Waals surface area contributed by atoms with Gasteiger partial charge in [-0.05, 0) is 59.9 Å². The van der Waals surface area contributed by atoms with E-state index in [4.69, 9.17) is 5.11 Å². The van der Waals surface area contributed by atoms with Gasteiger partial charge in [0.05, 0.1) is 5.56 Å². The molecule has 0 heterocycles. The molecule has 1 fully saturated rings. The fourth-order valence-electron chi connectivity index (χ4n) is 2.37. The Morgan fingerprint density at radius 2 is 1.70 bits per heavy atom. The van der Waals surface area contributed by atoms with E-state index in [-0.39, 0.29) is 11.4 Å². The highest BCUT2D eigenvalue weighted by molar-refractivity contribution is 5.88. The monoisotopic (exact) mass is 311 g/mol. The van der Waals surface area contributed by atoms with Gasteiger partial charge in [0.15, 0.2) is 0 Å². The molecule has 0 aliphatic heterocycles. The molecule has 0 amide bonds. The van der Waals surface area contributed by atoms with Gasteiger partial charge in [-0.3, -0.25) is 0 Å². The number of carboxylic acids is 1. The topological polar surface area (TPSA) is 49.3 Å². The van der Waals surface area contributed by atoms with Crippen molar-refractivity contribution in [3.8, 4) is 0 Å². The lowest BCUT2D eigenvalue weighted by Crippen LogP contribution is -2.18. The summed E-state index contributed by atoms with van der Waals surface area (Å²) in [6, 6.07) is 13.8. The molecule has 2 N–H and O–H groups in total. The molecule has 2 aromatic carbocycles. The van der Waals surface area contributed by atoms with E-state index in [1.54, 1.807) is 36.4 Å². The molecule has 3 nitrogen and oxygen atoms in total. The van der Waals surface area contributed by atoms with Crippen molar-refractivity contribution in [3.05, 3.63) is 71.0 Å². The molecular formula is C19H18FNO2. The Morgan fingerprint density at radius 3 is 2.26 bits per heavy atom. The van der Waals surface area contributed by atoms with Crippen molar-refractivity contribution in [1.29, 1.82) is 0 Å². The summed E-state index contributed by atoms with van der Waals surface area (Å²) in [6.07, 6.45) is 4.41. The molecule has 1 aliphatic carbocycles. The molecule has 118 valence electrons. The molecule has 0 radical (unpaired) electrons. The van der Waals surface area contributed by atoms with Crippen LogP contribution in [-0.4, -0.2) is 23.7 Å². The van der Waals surface area contributed by atoms with Crippen molar-refractivity contribution < 1.29 is 14.3 Å². The Balaban J connectivity index is 1.85. The number of benzene rings is 2. The second-order valence-electron chi connectivity index (χ2n) is 5.76. The van der Waals surface area contributed by atoms with Gasteiger partial charge < -0.3 is 10.4 Å². The van der Waals surface area contributed by atoms with Gasteiger partial charge in [-0.25, -0.2) is 9.18 Å². The normalized spacial score (nSPS) is 14.7. The van der Waals surface area contributed by atoms with Gasteiger partial charge in [0.25, 0.3) is 0 Å². The Morgan fingerprint density at radius 1 is 1.09 bits per heavy atom. The van der Waals surface area contributed by atoms with Gasteiger partial charge in [-0.15, -0.1) is 0 Å². The summed E-state index contributed by atoms with van der Waals surface area (Å²) in [6.45, 7) is 0.705. The average Bonchev–Trinajstić information content (AvgIpc) is 3.37. The fourth-order valence-corrected chi connectivity index (χ4v) is 2.37. The third kappa shape index (κ3) is 4.27. The fraction of sp³-hybridized carbons (Fsp3) is 0.211. The SMILES string of the molecule is O=C(O)c1ccc(C=C(CNC2CC2)c2ccc(F)cc2)cc1. The van der Waals surface area contributed by atoms with Gasteiger partial charge >= 0.3 is 5.97 Å². The van der Waals surface area contributed by atoms with Crippen molar-refractivity contribution in [1.82, 2.24) is 5.32 Å². The molecule has 4 heteroatoms. The lowest BCUT2D eigenvalue weighted by atomic mass is 10.0. The molecule has 3 rings (SSSR count). The minimum Gasteiger partial charge on any atom is -0.478 e. The van der Waals surface area contributed by atoms with Crippen LogP contribution in [0.5, 0.6) is 0 Å². The van der Waals surface area contributed by atoms with Gasteiger partial charge in [0, 0.05) is 12.6 Å². The third-order valence-corrected chi connectivity index (χ3v) is 3.87. The quantitative estimate of drug-likeness (QED) is 0.797. The molecule has 0 unspecified atom stereocenters. The van der Waals surface area contributed by atoms with Crippen LogP contribution in [0.25, 0.3) is 11.6 Å². The van der Waals surface area contributed by atoms with Crippen molar-refractivity contribution >= 4 is 17.6 Å². The third-order valence-electron chi connectivity index (χ3n) is 3.87. The van der Waals surface area contributed by atoms with E-state index in [9.17, 15) is 9.18 Å². The average molecular weight is 311 g/mol. The summed E-state index contributed by atoms with van der Waals surface area (Å²) in [4.78, 5) is 10.9. The molecule has 1 saturated carbocycles. The lowest BCUT2D eigenvalue weighted by molar-refractivity contribution is 0.0697. The van der Waals surface area contributed by atoms with Crippen LogP contribution in [0.3, 0.4) is 0 Å². The van der Waals surface area contributed by atoms with Gasteiger partial charge in [0.2, 0.25) is 0 Å². The van der Waals surface area contributed by atoms with E-state index in [0.29, 0.717) is 12.6 Å². The highest BCUT2D eigenvalue weighted by Gasteiger charge is 2.20. The summed E-state index contributed by atoms with van der Waals surface area (Å²) >= 11 is 0. The van der Waals surface area contributed by atoms with E-state index in [0.717, 1.165) is 16.7 Å². The van der Waals surface area contributed by atoms with Gasteiger partial charge in [-0.1, -0.05) is 24.3 Å². The lowest BCUT2D eigenvalue weighted by Gasteiger charge is -2.10. The molecule has 23 heavy (non-hydrogen) atoms. The van der Waals surface area contributed by atoms with Crippen molar-refractivity contribution in [2.45, 2.75) is 18.9 Å². The maximum Gasteiger partial charge on any atom is 0.335 e. The van der Waals surface area contributed by atoms with E-state index >= 15 is 0 Å². The van der Waals surface area contributed by atoms with Crippen LogP contribution in [-0.2, 0) is 0 Å². The number of aromatic carboxylic acids is 1. The largest absolute Gasteiger partial charge is 0.478 e. The Labute approximate surface area is 134 Å². The van der Waals surface area contributed by atoms with E-state index < -0.39 is 5.97 Å². The van der Waals surface area contributed by atoms with Crippen LogP contribution >= 0.6 is 0 Å². The Kier molecular flexibility index (Phi) is 4.53. The smallest absolute Gasteiger partial charge is 0.335 e. The zero-order chi connectivity index (χ0) is 16.2. The molecule has 0 bridgehead atoms. The van der Waals surface area contributed by atoms with Crippen LogP contribution < -0.4 is 5.32 Å². The number of hydrogen-bond acceptors (Lipinski definition) is 2. The molecule has 0 aromatic heterocycles. The van der Waals surface area contributed by atoms with Crippen LogP contribution in [0, 0.1) is 5.82 Å². The van der Waals surface area contributed by atoms with E-state index in [1.165, 1.54) is 25.0 Å². The Bertz CT molecular complexity index is 716. The molecule has 0 saturated heterocycles. The minimum atomic E-state index is -0.935. The summed E-state index contributed by atoms with van der Waals surface area (Å²) in [5.41, 5.74) is 3.20. The molecule has 0 atom stereocenters.